The Kier molecular flexibility index (Phi) is 10.5. The van der Waals surface area contributed by atoms with E-state index in [4.69, 9.17) is 18.9 Å². The molecule has 206 valence electrons. The zero-order chi connectivity index (χ0) is 26.7. The molecule has 0 unspecified atom stereocenters. The molecule has 4 aliphatic carbocycles. The van der Waals surface area contributed by atoms with E-state index in [1.807, 2.05) is 13.8 Å². The third kappa shape index (κ3) is 7.75. The Morgan fingerprint density at radius 3 is 2.08 bits per heavy atom. The van der Waals surface area contributed by atoms with Gasteiger partial charge in [-0.15, -0.1) is 0 Å². The van der Waals surface area contributed by atoms with Gasteiger partial charge in [0.25, 0.3) is 0 Å². The fourth-order valence-electron chi connectivity index (χ4n) is 5.68. The number of aryl methyl sites for hydroxylation is 3. The minimum atomic E-state index is -0.324. The summed E-state index contributed by atoms with van der Waals surface area (Å²) >= 11 is 0. The van der Waals surface area contributed by atoms with E-state index in [1.54, 1.807) is 0 Å². The second kappa shape index (κ2) is 14.2. The highest BCUT2D eigenvalue weighted by atomic mass is 16.6. The molecule has 0 aliphatic heterocycles. The molecular weight excluding hydrogens is 480 g/mol. The number of hydrogen-bond donors (Lipinski definition) is 0. The first-order valence-corrected chi connectivity index (χ1v) is 14.4. The Bertz CT molecular complexity index is 1090. The first-order chi connectivity index (χ1) is 18.6. The van der Waals surface area contributed by atoms with Crippen LogP contribution in [0, 0.1) is 0 Å². The van der Waals surface area contributed by atoms with E-state index in [9.17, 15) is 9.59 Å². The first kappa shape index (κ1) is 28.0. The topological polar surface area (TPSA) is 71.1 Å². The number of allylic oxidation sites excluding steroid dienone is 5. The van der Waals surface area contributed by atoms with Gasteiger partial charge in [0.05, 0.1) is 13.2 Å². The summed E-state index contributed by atoms with van der Waals surface area (Å²) in [6, 6.07) is 4.58. The van der Waals surface area contributed by atoms with Crippen molar-refractivity contribution in [2.45, 2.75) is 90.9 Å². The van der Waals surface area contributed by atoms with Crippen LogP contribution in [-0.4, -0.2) is 38.4 Å². The molecule has 0 atom stereocenters. The lowest BCUT2D eigenvalue weighted by Crippen LogP contribution is -2.17. The van der Waals surface area contributed by atoms with Crippen molar-refractivity contribution in [1.29, 1.82) is 0 Å². The summed E-state index contributed by atoms with van der Waals surface area (Å²) in [5.74, 6) is 1.15. The summed E-state index contributed by atoms with van der Waals surface area (Å²) in [6.45, 7) is 4.24. The van der Waals surface area contributed by atoms with E-state index >= 15 is 0 Å². The summed E-state index contributed by atoms with van der Waals surface area (Å²) < 4.78 is 22.6. The molecule has 0 radical (unpaired) electrons. The molecule has 0 aromatic heterocycles. The van der Waals surface area contributed by atoms with Crippen molar-refractivity contribution in [1.82, 2.24) is 0 Å². The zero-order valence-electron chi connectivity index (χ0n) is 23.1. The van der Waals surface area contributed by atoms with Crippen molar-refractivity contribution < 1.29 is 28.5 Å². The summed E-state index contributed by atoms with van der Waals surface area (Å²) in [4.78, 5) is 24.2. The van der Waals surface area contributed by atoms with Crippen LogP contribution in [0.3, 0.4) is 0 Å². The maximum atomic E-state index is 12.1. The number of fused-ring (bicyclic) bond motifs is 9. The number of hydrogen-bond acceptors (Lipinski definition) is 6. The molecule has 0 saturated heterocycles. The normalized spacial score (nSPS) is 17.8. The smallest absolute Gasteiger partial charge is 0.344 e. The Balaban J connectivity index is 1.65. The number of benzene rings is 1. The lowest BCUT2D eigenvalue weighted by Gasteiger charge is -2.25. The average Bonchev–Trinajstić information content (AvgIpc) is 2.89. The average molecular weight is 523 g/mol. The minimum Gasteiger partial charge on any atom is -0.482 e. The van der Waals surface area contributed by atoms with Crippen molar-refractivity contribution in [3.63, 3.8) is 0 Å². The van der Waals surface area contributed by atoms with Crippen molar-refractivity contribution in [3.8, 4) is 5.75 Å². The molecule has 1 aromatic rings. The third-order valence-corrected chi connectivity index (χ3v) is 7.36. The van der Waals surface area contributed by atoms with Crippen LogP contribution < -0.4 is 4.74 Å². The maximum Gasteiger partial charge on any atom is 0.344 e. The standard InChI is InChI=1S/C32H42O6/c1-3-35-29(33)21-37-31-25-13-7-9-15-27-19-24-12-6-5-11-23(17-25)18-26(31)14-8-10-16-28(20-24)32(27)38-22-30(34)36-4-2/h11,17,19-20H,3-10,12-16,18,21-22H2,1-2H3. The second-order valence-electron chi connectivity index (χ2n) is 10.3. The largest absolute Gasteiger partial charge is 0.482 e. The predicted molar refractivity (Wildman–Crippen MR) is 147 cm³/mol. The number of carbonyl (C=O) groups excluding carboxylic acids is 2. The van der Waals surface area contributed by atoms with Gasteiger partial charge >= 0.3 is 11.9 Å². The van der Waals surface area contributed by atoms with Crippen LogP contribution in [-0.2, 0) is 43.1 Å². The molecule has 38 heavy (non-hydrogen) atoms. The summed E-state index contributed by atoms with van der Waals surface area (Å²) in [7, 11) is 0. The van der Waals surface area contributed by atoms with Gasteiger partial charge in [-0.2, -0.15) is 0 Å². The number of esters is 2. The van der Waals surface area contributed by atoms with Crippen molar-refractivity contribution in [2.75, 3.05) is 26.4 Å². The second-order valence-corrected chi connectivity index (χ2v) is 10.3. The van der Waals surface area contributed by atoms with Crippen molar-refractivity contribution in [3.05, 3.63) is 63.5 Å². The molecule has 1 aromatic carbocycles. The summed E-state index contributed by atoms with van der Waals surface area (Å²) in [6.07, 6.45) is 16.3. The quantitative estimate of drug-likeness (QED) is 0.363. The van der Waals surface area contributed by atoms with Gasteiger partial charge in [-0.3, -0.25) is 0 Å². The van der Waals surface area contributed by atoms with Gasteiger partial charge in [0, 0.05) is 0 Å². The van der Waals surface area contributed by atoms with Gasteiger partial charge in [0.2, 0.25) is 0 Å². The highest BCUT2D eigenvalue weighted by Crippen LogP contribution is 2.37. The molecule has 0 N–H and O–H groups in total. The van der Waals surface area contributed by atoms with E-state index in [1.165, 1.54) is 33.4 Å². The predicted octanol–water partition coefficient (Wildman–Crippen LogP) is 6.49. The van der Waals surface area contributed by atoms with Gasteiger partial charge in [-0.1, -0.05) is 24.3 Å². The lowest BCUT2D eigenvalue weighted by molar-refractivity contribution is -0.147. The fourth-order valence-corrected chi connectivity index (χ4v) is 5.68. The van der Waals surface area contributed by atoms with Gasteiger partial charge in [0.15, 0.2) is 13.2 Å². The number of rotatable bonds is 8. The molecule has 0 fully saturated rings. The van der Waals surface area contributed by atoms with Crippen molar-refractivity contribution in [2.24, 2.45) is 0 Å². The van der Waals surface area contributed by atoms with Crippen molar-refractivity contribution >= 4 is 11.9 Å². The number of carbonyl (C=O) groups is 2. The Labute approximate surface area is 227 Å². The van der Waals surface area contributed by atoms with Crippen LogP contribution in [0.25, 0.3) is 0 Å². The van der Waals surface area contributed by atoms with Gasteiger partial charge in [-0.05, 0) is 124 Å². The van der Waals surface area contributed by atoms with Crippen LogP contribution in [0.2, 0.25) is 0 Å². The van der Waals surface area contributed by atoms with Crippen LogP contribution in [0.5, 0.6) is 5.75 Å². The molecule has 6 nitrogen and oxygen atoms in total. The van der Waals surface area contributed by atoms with Gasteiger partial charge in [-0.25, -0.2) is 9.59 Å². The van der Waals surface area contributed by atoms with Crippen LogP contribution >= 0.6 is 0 Å². The SMILES string of the molecule is CCOC(=O)COC1=C2CCCCc3cc4cc(c3OCC(=O)OCC)CCCCC1=CC(=CCCC4)C2. The molecule has 5 rings (SSSR count). The molecule has 0 saturated carbocycles. The monoisotopic (exact) mass is 522 g/mol. The fraction of sp³-hybridized carbons (Fsp3) is 0.562. The van der Waals surface area contributed by atoms with E-state index in [0.29, 0.717) is 13.2 Å². The highest BCUT2D eigenvalue weighted by Gasteiger charge is 2.23. The Morgan fingerprint density at radius 1 is 0.763 bits per heavy atom. The molecule has 6 heteroatoms. The highest BCUT2D eigenvalue weighted by molar-refractivity contribution is 5.71. The Hall–Kier alpha value is -3.02. The zero-order valence-corrected chi connectivity index (χ0v) is 23.1. The molecule has 0 amide bonds. The maximum absolute atomic E-state index is 12.1. The van der Waals surface area contributed by atoms with Crippen LogP contribution in [0.4, 0.5) is 0 Å². The van der Waals surface area contributed by atoms with E-state index in [-0.39, 0.29) is 25.2 Å². The molecule has 4 aliphatic rings. The lowest BCUT2D eigenvalue weighted by atomic mass is 9.85. The minimum absolute atomic E-state index is 0.0441. The van der Waals surface area contributed by atoms with Crippen LogP contribution in [0.15, 0.2) is 46.8 Å². The van der Waals surface area contributed by atoms with Crippen LogP contribution in [0.1, 0.15) is 88.3 Å². The van der Waals surface area contributed by atoms with Gasteiger partial charge in [0.1, 0.15) is 11.5 Å². The molecule has 6 bridgehead atoms. The molecule has 0 spiro atoms. The van der Waals surface area contributed by atoms with E-state index in [2.05, 4.69) is 24.3 Å². The number of ether oxygens (including phenoxy) is 4. The summed E-state index contributed by atoms with van der Waals surface area (Å²) in [5.41, 5.74) is 7.62. The third-order valence-electron chi connectivity index (χ3n) is 7.36. The molecule has 0 heterocycles. The van der Waals surface area contributed by atoms with E-state index < -0.39 is 0 Å². The Morgan fingerprint density at radius 2 is 1.39 bits per heavy atom. The van der Waals surface area contributed by atoms with Gasteiger partial charge < -0.3 is 18.9 Å². The van der Waals surface area contributed by atoms with E-state index in [0.717, 1.165) is 88.6 Å². The first-order valence-electron chi connectivity index (χ1n) is 14.4. The molecular formula is C32H42O6. The summed E-state index contributed by atoms with van der Waals surface area (Å²) in [5, 5.41) is 0.